The Morgan fingerprint density at radius 1 is 1.26 bits per heavy atom. The first kappa shape index (κ1) is 26.7. The molecule has 0 saturated carbocycles. The maximum atomic E-state index is 13.6. The van der Waals surface area contributed by atoms with Crippen molar-refractivity contribution in [1.29, 1.82) is 0 Å². The van der Waals surface area contributed by atoms with Crippen LogP contribution in [0.1, 0.15) is 11.3 Å². The second-order valence-corrected chi connectivity index (χ2v) is 10.8. The lowest BCUT2D eigenvalue weighted by Gasteiger charge is -2.27. The Kier molecular flexibility index (Phi) is 7.32. The van der Waals surface area contributed by atoms with E-state index in [0.717, 1.165) is 33.1 Å². The van der Waals surface area contributed by atoms with Gasteiger partial charge in [0.1, 0.15) is 27.5 Å². The summed E-state index contributed by atoms with van der Waals surface area (Å²) in [6.07, 6.45) is -3.76. The van der Waals surface area contributed by atoms with Crippen LogP contribution in [0, 0.1) is 12.7 Å². The van der Waals surface area contributed by atoms with Gasteiger partial charge in [0.2, 0.25) is 0 Å². The smallest absolute Gasteiger partial charge is 0.321 e. The number of alkyl halides is 3. The largest absolute Gasteiger partial charge is 0.416 e. The predicted octanol–water partition coefficient (Wildman–Crippen LogP) is 3.52. The highest BCUT2D eigenvalue weighted by molar-refractivity contribution is 7.90. The topological polar surface area (TPSA) is 90.9 Å². The van der Waals surface area contributed by atoms with E-state index < -0.39 is 56.9 Å². The molecule has 3 amide bonds. The minimum Gasteiger partial charge on any atom is -0.321 e. The van der Waals surface area contributed by atoms with E-state index in [2.05, 4.69) is 4.98 Å². The van der Waals surface area contributed by atoms with Crippen molar-refractivity contribution in [3.8, 4) is 0 Å². The number of hydrogen-bond acceptors (Lipinski definition) is 5. The van der Waals surface area contributed by atoms with Gasteiger partial charge in [0.25, 0.3) is 5.91 Å². The summed E-state index contributed by atoms with van der Waals surface area (Å²) < 4.78 is 77.0. The van der Waals surface area contributed by atoms with Crippen LogP contribution in [0.25, 0.3) is 0 Å². The number of anilines is 2. The van der Waals surface area contributed by atoms with Crippen LogP contribution in [-0.4, -0.2) is 68.4 Å². The molecule has 14 heteroatoms. The molecule has 1 aliphatic heterocycles. The van der Waals surface area contributed by atoms with Crippen LogP contribution in [0.2, 0.25) is 5.02 Å². The molecule has 8 nitrogen and oxygen atoms in total. The summed E-state index contributed by atoms with van der Waals surface area (Å²) in [6, 6.07) is 2.73. The third-order valence-corrected chi connectivity index (χ3v) is 6.55. The van der Waals surface area contributed by atoms with Crippen molar-refractivity contribution >= 4 is 44.9 Å². The van der Waals surface area contributed by atoms with Gasteiger partial charge >= 0.3 is 12.2 Å². The monoisotopic (exact) mass is 536 g/mol. The van der Waals surface area contributed by atoms with Crippen LogP contribution < -0.4 is 9.80 Å². The molecule has 190 valence electrons. The molecule has 1 saturated heterocycles. The molecule has 1 fully saturated rings. The number of aryl methyl sites for hydroxylation is 1. The van der Waals surface area contributed by atoms with Gasteiger partial charge in [-0.1, -0.05) is 11.6 Å². The maximum Gasteiger partial charge on any atom is 0.416 e. The van der Waals surface area contributed by atoms with E-state index >= 15 is 0 Å². The molecule has 1 aromatic carbocycles. The van der Waals surface area contributed by atoms with Crippen LogP contribution in [0.4, 0.5) is 33.9 Å². The van der Waals surface area contributed by atoms with E-state index in [1.54, 1.807) is 0 Å². The number of rotatable bonds is 6. The lowest BCUT2D eigenvalue weighted by molar-refractivity contribution is -0.137. The number of benzene rings is 1. The Bertz CT molecular complexity index is 1270. The zero-order valence-electron chi connectivity index (χ0n) is 18.8. The number of likely N-dealkylation sites (N-methyl/N-ethyl adjacent to an activating group) is 1. The summed E-state index contributed by atoms with van der Waals surface area (Å²) in [5.41, 5.74) is -0.925. The van der Waals surface area contributed by atoms with Crippen molar-refractivity contribution < 1.29 is 35.6 Å². The molecule has 0 bridgehead atoms. The highest BCUT2D eigenvalue weighted by Gasteiger charge is 2.45. The molecule has 1 atom stereocenters. The van der Waals surface area contributed by atoms with Gasteiger partial charge in [0.05, 0.1) is 22.9 Å². The lowest BCUT2D eigenvalue weighted by Crippen LogP contribution is -2.47. The van der Waals surface area contributed by atoms with Crippen LogP contribution >= 0.6 is 11.6 Å². The van der Waals surface area contributed by atoms with Crippen LogP contribution in [0.5, 0.6) is 0 Å². The molecule has 2 aromatic rings. The molecular formula is C21H21ClF4N4O4S. The number of sulfone groups is 1. The Morgan fingerprint density at radius 3 is 2.49 bits per heavy atom. The van der Waals surface area contributed by atoms with Gasteiger partial charge in [0.15, 0.2) is 0 Å². The van der Waals surface area contributed by atoms with E-state index in [9.17, 15) is 35.6 Å². The summed E-state index contributed by atoms with van der Waals surface area (Å²) in [4.78, 5) is 33.5. The van der Waals surface area contributed by atoms with E-state index in [1.807, 2.05) is 0 Å². The molecule has 35 heavy (non-hydrogen) atoms. The second-order valence-electron chi connectivity index (χ2n) is 8.09. The number of halogens is 5. The Labute approximate surface area is 204 Å². The quantitative estimate of drug-likeness (QED) is 0.527. The van der Waals surface area contributed by atoms with Gasteiger partial charge < -0.3 is 9.80 Å². The molecule has 0 spiro atoms. The number of nitrogens with zero attached hydrogens (tertiary/aromatic N) is 4. The van der Waals surface area contributed by atoms with Crippen molar-refractivity contribution in [1.82, 2.24) is 9.88 Å². The summed E-state index contributed by atoms with van der Waals surface area (Å²) in [7, 11) is -2.15. The molecule has 3 rings (SSSR count). The molecule has 1 aliphatic rings. The first-order valence-electron chi connectivity index (χ1n) is 10.1. The Hall–Kier alpha value is -2.93. The zero-order valence-corrected chi connectivity index (χ0v) is 20.4. The molecule has 0 radical (unpaired) electrons. The van der Waals surface area contributed by atoms with E-state index in [-0.39, 0.29) is 29.5 Å². The average molecular weight is 537 g/mol. The molecule has 0 aliphatic carbocycles. The number of carbonyl (C=O) groups is 2. The van der Waals surface area contributed by atoms with Gasteiger partial charge in [-0.3, -0.25) is 9.69 Å². The second kappa shape index (κ2) is 9.61. The standard InChI is InChI=1S/C21H21ClF4N4O4S/c1-12-8-13(21(24,25)26)9-18(27-12)30-17(11-29(20(30)32)6-7-35(3,33)34)19(31)28(2)14-4-5-16(23)15(22)10-14/h4-5,8-10,17H,6-7,11H2,1-3H3. The average Bonchev–Trinajstić information content (AvgIpc) is 3.07. The summed E-state index contributed by atoms with van der Waals surface area (Å²) in [5.74, 6) is -2.26. The van der Waals surface area contributed by atoms with Crippen molar-refractivity contribution in [3.05, 3.63) is 52.4 Å². The number of pyridine rings is 1. The maximum absolute atomic E-state index is 13.6. The first-order chi connectivity index (χ1) is 16.1. The highest BCUT2D eigenvalue weighted by atomic mass is 35.5. The van der Waals surface area contributed by atoms with Gasteiger partial charge in [-0.2, -0.15) is 13.2 Å². The van der Waals surface area contributed by atoms with E-state index in [4.69, 9.17) is 11.6 Å². The third-order valence-electron chi connectivity index (χ3n) is 5.33. The molecule has 0 N–H and O–H groups in total. The summed E-state index contributed by atoms with van der Waals surface area (Å²) in [6.45, 7) is 0.732. The highest BCUT2D eigenvalue weighted by Crippen LogP contribution is 2.34. The van der Waals surface area contributed by atoms with Crippen LogP contribution in [0.3, 0.4) is 0 Å². The fraction of sp³-hybridized carbons (Fsp3) is 0.381. The molecule has 2 heterocycles. The van der Waals surface area contributed by atoms with Crippen molar-refractivity contribution in [3.63, 3.8) is 0 Å². The van der Waals surface area contributed by atoms with Crippen molar-refractivity contribution in [2.45, 2.75) is 19.1 Å². The van der Waals surface area contributed by atoms with E-state index in [1.165, 1.54) is 26.1 Å². The number of aromatic nitrogens is 1. The summed E-state index contributed by atoms with van der Waals surface area (Å²) in [5, 5.41) is -0.258. The van der Waals surface area contributed by atoms with Gasteiger partial charge in [-0.05, 0) is 37.3 Å². The number of carbonyl (C=O) groups excluding carboxylic acids is 2. The Balaban J connectivity index is 2.04. The van der Waals surface area contributed by atoms with Crippen molar-refractivity contribution in [2.24, 2.45) is 0 Å². The zero-order chi connectivity index (χ0) is 26.3. The Morgan fingerprint density at radius 2 is 1.91 bits per heavy atom. The third kappa shape index (κ3) is 6.01. The van der Waals surface area contributed by atoms with E-state index in [0.29, 0.717) is 6.07 Å². The fourth-order valence-corrected chi connectivity index (χ4v) is 4.27. The van der Waals surface area contributed by atoms with Gasteiger partial charge in [-0.15, -0.1) is 0 Å². The normalized spacial score (nSPS) is 16.7. The first-order valence-corrected chi connectivity index (χ1v) is 12.6. The lowest BCUT2D eigenvalue weighted by atomic mass is 10.1. The number of hydrogen-bond donors (Lipinski definition) is 0. The van der Waals surface area contributed by atoms with Crippen LogP contribution in [0.15, 0.2) is 30.3 Å². The minimum atomic E-state index is -4.73. The minimum absolute atomic E-state index is 0.0397. The van der Waals surface area contributed by atoms with Crippen molar-refractivity contribution in [2.75, 3.05) is 41.9 Å². The summed E-state index contributed by atoms with van der Waals surface area (Å²) >= 11 is 5.80. The number of amides is 3. The van der Waals surface area contributed by atoms with Gasteiger partial charge in [-0.25, -0.2) is 22.6 Å². The molecular weight excluding hydrogens is 516 g/mol. The molecule has 1 aromatic heterocycles. The molecule has 1 unspecified atom stereocenters. The SMILES string of the molecule is Cc1cc(C(F)(F)F)cc(N2C(=O)N(CCS(C)(=O)=O)CC2C(=O)N(C)c2ccc(F)c(Cl)c2)n1. The van der Waals surface area contributed by atoms with Crippen LogP contribution in [-0.2, 0) is 20.8 Å². The predicted molar refractivity (Wildman–Crippen MR) is 122 cm³/mol. The number of urea groups is 1. The van der Waals surface area contributed by atoms with Gasteiger partial charge in [0, 0.05) is 31.2 Å². The fourth-order valence-electron chi connectivity index (χ4n) is 3.55.